The van der Waals surface area contributed by atoms with Crippen molar-refractivity contribution >= 4 is 55.1 Å². The number of likely N-dealkylation sites (N-methyl/N-ethyl adjacent to an activating group) is 1. The maximum absolute atomic E-state index is 13.8. The predicted molar refractivity (Wildman–Crippen MR) is 152 cm³/mol. The molecule has 3 rings (SSSR count). The number of hydrogen-bond donors (Lipinski definition) is 1. The summed E-state index contributed by atoms with van der Waals surface area (Å²) in [4.78, 5) is 27.9. The van der Waals surface area contributed by atoms with Gasteiger partial charge < -0.3 is 15.0 Å². The molecule has 0 aliphatic carbocycles. The highest BCUT2D eigenvalue weighted by atomic mass is 79.9. The Morgan fingerprint density at radius 1 is 1.00 bits per heavy atom. The van der Waals surface area contributed by atoms with Gasteiger partial charge in [0.25, 0.3) is 10.0 Å². The van der Waals surface area contributed by atoms with Gasteiger partial charge in [-0.25, -0.2) is 8.42 Å². The van der Waals surface area contributed by atoms with Crippen molar-refractivity contribution in [2.75, 3.05) is 24.5 Å². The summed E-state index contributed by atoms with van der Waals surface area (Å²) in [7, 11) is -2.69. The number of carbonyl (C=O) groups is 2. The molecule has 0 fully saturated rings. The van der Waals surface area contributed by atoms with Crippen LogP contribution in [-0.4, -0.2) is 51.4 Å². The standard InChI is InChI=1S/C27H29BrClN3O5S/c1-4-30-27(34)19(2)31(17-20-5-7-21(28)8-6-20)26(33)18-32(23-11-9-22(29)10-12-23)38(35,36)25-15-13-24(37-3)14-16-25/h5-16,19H,4,17-18H2,1-3H3,(H,30,34)/t19-/m0/s1. The molecule has 0 bridgehead atoms. The van der Waals surface area contributed by atoms with E-state index in [4.69, 9.17) is 16.3 Å². The first kappa shape index (κ1) is 29.5. The maximum Gasteiger partial charge on any atom is 0.264 e. The third kappa shape index (κ3) is 7.27. The minimum absolute atomic E-state index is 0.0164. The zero-order chi connectivity index (χ0) is 27.9. The van der Waals surface area contributed by atoms with Crippen LogP contribution in [0.5, 0.6) is 5.75 Å². The molecule has 0 aliphatic heterocycles. The van der Waals surface area contributed by atoms with E-state index in [2.05, 4.69) is 21.2 Å². The van der Waals surface area contributed by atoms with Crippen LogP contribution >= 0.6 is 27.5 Å². The third-order valence-electron chi connectivity index (χ3n) is 5.83. The van der Waals surface area contributed by atoms with Crippen LogP contribution in [0, 0.1) is 0 Å². The number of benzene rings is 3. The molecule has 38 heavy (non-hydrogen) atoms. The Hall–Kier alpha value is -3.08. The fourth-order valence-corrected chi connectivity index (χ4v) is 5.51. The molecular formula is C27H29BrClN3O5S. The Morgan fingerprint density at radius 3 is 2.16 bits per heavy atom. The zero-order valence-electron chi connectivity index (χ0n) is 21.2. The molecule has 0 spiro atoms. The Bertz CT molecular complexity index is 1350. The van der Waals surface area contributed by atoms with Crippen LogP contribution in [0.15, 0.2) is 82.2 Å². The summed E-state index contributed by atoms with van der Waals surface area (Å²) < 4.78 is 34.6. The van der Waals surface area contributed by atoms with Gasteiger partial charge in [0.05, 0.1) is 17.7 Å². The number of ether oxygens (including phenoxy) is 1. The molecule has 202 valence electrons. The van der Waals surface area contributed by atoms with Gasteiger partial charge in [0.1, 0.15) is 18.3 Å². The quantitative estimate of drug-likeness (QED) is 0.330. The fourth-order valence-electron chi connectivity index (χ4n) is 3.70. The van der Waals surface area contributed by atoms with Crippen molar-refractivity contribution in [2.24, 2.45) is 0 Å². The van der Waals surface area contributed by atoms with Crippen LogP contribution < -0.4 is 14.4 Å². The minimum Gasteiger partial charge on any atom is -0.497 e. The Kier molecular flexibility index (Phi) is 10.2. The summed E-state index contributed by atoms with van der Waals surface area (Å²) in [6, 6.07) is 18.6. The molecule has 3 aromatic carbocycles. The average molecular weight is 623 g/mol. The maximum atomic E-state index is 13.8. The van der Waals surface area contributed by atoms with Gasteiger partial charge in [-0.05, 0) is 80.1 Å². The molecule has 3 aromatic rings. The van der Waals surface area contributed by atoms with Crippen molar-refractivity contribution in [1.29, 1.82) is 0 Å². The summed E-state index contributed by atoms with van der Waals surface area (Å²) in [6.07, 6.45) is 0. The van der Waals surface area contributed by atoms with E-state index in [1.807, 2.05) is 24.3 Å². The smallest absolute Gasteiger partial charge is 0.264 e. The Morgan fingerprint density at radius 2 is 1.61 bits per heavy atom. The topological polar surface area (TPSA) is 96.0 Å². The molecule has 0 unspecified atom stereocenters. The molecule has 2 amide bonds. The zero-order valence-corrected chi connectivity index (χ0v) is 24.4. The van der Waals surface area contributed by atoms with Crippen molar-refractivity contribution in [3.63, 3.8) is 0 Å². The number of nitrogens with zero attached hydrogens (tertiary/aromatic N) is 2. The first-order chi connectivity index (χ1) is 18.1. The van der Waals surface area contributed by atoms with E-state index < -0.39 is 28.5 Å². The molecular weight excluding hydrogens is 594 g/mol. The lowest BCUT2D eigenvalue weighted by molar-refractivity contribution is -0.139. The number of sulfonamides is 1. The van der Waals surface area contributed by atoms with Gasteiger partial charge in [-0.15, -0.1) is 0 Å². The summed E-state index contributed by atoms with van der Waals surface area (Å²) in [5.74, 6) is -0.387. The van der Waals surface area contributed by atoms with E-state index in [1.165, 1.54) is 48.4 Å². The Balaban J connectivity index is 2.01. The van der Waals surface area contributed by atoms with Crippen molar-refractivity contribution < 1.29 is 22.7 Å². The number of carbonyl (C=O) groups excluding carboxylic acids is 2. The van der Waals surface area contributed by atoms with Gasteiger partial charge in [-0.3, -0.25) is 13.9 Å². The highest BCUT2D eigenvalue weighted by Crippen LogP contribution is 2.27. The molecule has 0 saturated heterocycles. The van der Waals surface area contributed by atoms with Crippen LogP contribution in [0.4, 0.5) is 5.69 Å². The average Bonchev–Trinajstić information content (AvgIpc) is 2.91. The fraction of sp³-hybridized carbons (Fsp3) is 0.259. The molecule has 0 heterocycles. The van der Waals surface area contributed by atoms with Crippen LogP contribution in [-0.2, 0) is 26.2 Å². The van der Waals surface area contributed by atoms with Gasteiger partial charge in [0.2, 0.25) is 11.8 Å². The van der Waals surface area contributed by atoms with Crippen molar-refractivity contribution in [1.82, 2.24) is 10.2 Å². The van der Waals surface area contributed by atoms with E-state index >= 15 is 0 Å². The van der Waals surface area contributed by atoms with Gasteiger partial charge in [-0.2, -0.15) is 0 Å². The number of methoxy groups -OCH3 is 1. The monoisotopic (exact) mass is 621 g/mol. The first-order valence-electron chi connectivity index (χ1n) is 11.8. The summed E-state index contributed by atoms with van der Waals surface area (Å²) >= 11 is 9.43. The van der Waals surface area contributed by atoms with Crippen molar-refractivity contribution in [2.45, 2.75) is 31.3 Å². The highest BCUT2D eigenvalue weighted by Gasteiger charge is 2.32. The molecule has 11 heteroatoms. The lowest BCUT2D eigenvalue weighted by Gasteiger charge is -2.32. The van der Waals surface area contributed by atoms with Gasteiger partial charge in [0.15, 0.2) is 0 Å². The second kappa shape index (κ2) is 13.1. The molecule has 1 N–H and O–H groups in total. The third-order valence-corrected chi connectivity index (χ3v) is 8.39. The first-order valence-corrected chi connectivity index (χ1v) is 14.4. The van der Waals surface area contributed by atoms with Gasteiger partial charge in [0, 0.05) is 22.6 Å². The molecule has 0 aromatic heterocycles. The Labute approximate surface area is 236 Å². The van der Waals surface area contributed by atoms with Crippen LogP contribution in [0.1, 0.15) is 19.4 Å². The number of rotatable bonds is 11. The van der Waals surface area contributed by atoms with E-state index in [9.17, 15) is 18.0 Å². The number of hydrogen-bond acceptors (Lipinski definition) is 5. The van der Waals surface area contributed by atoms with Crippen LogP contribution in [0.25, 0.3) is 0 Å². The van der Waals surface area contributed by atoms with E-state index in [0.717, 1.165) is 14.3 Å². The molecule has 0 aliphatic rings. The molecule has 8 nitrogen and oxygen atoms in total. The van der Waals surface area contributed by atoms with Crippen molar-refractivity contribution in [3.8, 4) is 5.75 Å². The molecule has 0 radical (unpaired) electrons. The number of amides is 2. The number of halogens is 2. The van der Waals surface area contributed by atoms with E-state index in [0.29, 0.717) is 17.3 Å². The number of nitrogens with one attached hydrogen (secondary N) is 1. The lowest BCUT2D eigenvalue weighted by atomic mass is 10.1. The molecule has 1 atom stereocenters. The van der Waals surface area contributed by atoms with Gasteiger partial charge in [-0.1, -0.05) is 39.7 Å². The van der Waals surface area contributed by atoms with Crippen LogP contribution in [0.3, 0.4) is 0 Å². The van der Waals surface area contributed by atoms with E-state index in [-0.39, 0.29) is 23.0 Å². The van der Waals surface area contributed by atoms with Gasteiger partial charge >= 0.3 is 0 Å². The largest absolute Gasteiger partial charge is 0.497 e. The van der Waals surface area contributed by atoms with Crippen LogP contribution in [0.2, 0.25) is 5.02 Å². The lowest BCUT2D eigenvalue weighted by Crippen LogP contribution is -2.51. The predicted octanol–water partition coefficient (Wildman–Crippen LogP) is 4.86. The van der Waals surface area contributed by atoms with E-state index in [1.54, 1.807) is 26.0 Å². The second-order valence-corrected chi connectivity index (χ2v) is 11.6. The summed E-state index contributed by atoms with van der Waals surface area (Å²) in [5.41, 5.74) is 1.04. The second-order valence-electron chi connectivity index (χ2n) is 8.38. The summed E-state index contributed by atoms with van der Waals surface area (Å²) in [5, 5.41) is 3.15. The normalized spacial score (nSPS) is 11.9. The SMILES string of the molecule is CCNC(=O)[C@H](C)N(Cc1ccc(Br)cc1)C(=O)CN(c1ccc(Cl)cc1)S(=O)(=O)c1ccc(OC)cc1. The summed E-state index contributed by atoms with van der Waals surface area (Å²) in [6.45, 7) is 3.38. The van der Waals surface area contributed by atoms with Crippen molar-refractivity contribution in [3.05, 3.63) is 87.9 Å². The highest BCUT2D eigenvalue weighted by molar-refractivity contribution is 9.10. The molecule has 0 saturated carbocycles. The minimum atomic E-state index is -4.17. The number of anilines is 1.